The van der Waals surface area contributed by atoms with E-state index in [9.17, 15) is 4.79 Å². The molecule has 1 N–H and O–H groups in total. The lowest BCUT2D eigenvalue weighted by atomic mass is 10.0. The summed E-state index contributed by atoms with van der Waals surface area (Å²) in [5.41, 5.74) is 1.35. The summed E-state index contributed by atoms with van der Waals surface area (Å²) in [6.07, 6.45) is 2.62. The molecule has 0 saturated carbocycles. The van der Waals surface area contributed by atoms with Gasteiger partial charge in [-0.2, -0.15) is 0 Å². The molecule has 0 spiro atoms. The first-order valence-electron chi connectivity index (χ1n) is 7.91. The smallest absolute Gasteiger partial charge is 0.304 e. The van der Waals surface area contributed by atoms with E-state index in [1.54, 1.807) is 0 Å². The Morgan fingerprint density at radius 3 is 2.81 bits per heavy atom. The zero-order chi connectivity index (χ0) is 15.1. The van der Waals surface area contributed by atoms with Crippen LogP contribution in [0.25, 0.3) is 0 Å². The molecule has 1 unspecified atom stereocenters. The van der Waals surface area contributed by atoms with Crippen LogP contribution in [0.2, 0.25) is 0 Å². The first-order chi connectivity index (χ1) is 10.2. The quantitative estimate of drug-likeness (QED) is 0.838. The summed E-state index contributed by atoms with van der Waals surface area (Å²) in [6, 6.07) is 11.1. The van der Waals surface area contributed by atoms with Gasteiger partial charge in [-0.3, -0.25) is 9.69 Å². The summed E-state index contributed by atoms with van der Waals surface area (Å²) < 4.78 is 0. The van der Waals surface area contributed by atoms with Crippen molar-refractivity contribution in [1.82, 2.24) is 9.80 Å². The van der Waals surface area contributed by atoms with Crippen LogP contribution in [-0.2, 0) is 11.3 Å². The molecule has 1 saturated heterocycles. The van der Waals surface area contributed by atoms with E-state index in [0.29, 0.717) is 12.6 Å². The Kier molecular flexibility index (Phi) is 6.21. The zero-order valence-electron chi connectivity index (χ0n) is 12.9. The standard InChI is InChI=1S/C17H26N2O2/c1-2-19(13-15-7-4-3-5-8-15)16-9-6-11-18(14-16)12-10-17(20)21/h3-5,7-8,16H,2,6,9-14H2,1H3,(H,20,21). The minimum Gasteiger partial charge on any atom is -0.481 e. The van der Waals surface area contributed by atoms with Crippen LogP contribution in [0.15, 0.2) is 30.3 Å². The van der Waals surface area contributed by atoms with E-state index in [2.05, 4.69) is 41.0 Å². The Balaban J connectivity index is 1.89. The van der Waals surface area contributed by atoms with Crippen LogP contribution in [0.4, 0.5) is 0 Å². The monoisotopic (exact) mass is 290 g/mol. The van der Waals surface area contributed by atoms with E-state index in [-0.39, 0.29) is 6.42 Å². The van der Waals surface area contributed by atoms with Crippen molar-refractivity contribution in [2.45, 2.75) is 38.8 Å². The molecule has 1 fully saturated rings. The molecule has 1 aromatic rings. The molecular weight excluding hydrogens is 264 g/mol. The second-order valence-corrected chi connectivity index (χ2v) is 5.79. The normalized spacial score (nSPS) is 19.8. The molecule has 4 nitrogen and oxygen atoms in total. The second-order valence-electron chi connectivity index (χ2n) is 5.79. The summed E-state index contributed by atoms with van der Waals surface area (Å²) in [5, 5.41) is 8.82. The Labute approximate surface area is 127 Å². The molecule has 1 atom stereocenters. The summed E-state index contributed by atoms with van der Waals surface area (Å²) in [4.78, 5) is 15.5. The lowest BCUT2D eigenvalue weighted by Crippen LogP contribution is -2.48. The van der Waals surface area contributed by atoms with Crippen LogP contribution in [0.1, 0.15) is 31.7 Å². The molecule has 4 heteroatoms. The van der Waals surface area contributed by atoms with Gasteiger partial charge in [0.1, 0.15) is 0 Å². The van der Waals surface area contributed by atoms with Crippen LogP contribution in [0.3, 0.4) is 0 Å². The summed E-state index contributed by atoms with van der Waals surface area (Å²) in [6.45, 7) is 6.93. The van der Waals surface area contributed by atoms with Gasteiger partial charge >= 0.3 is 5.97 Å². The average Bonchev–Trinajstić information content (AvgIpc) is 2.52. The molecule has 2 rings (SSSR count). The lowest BCUT2D eigenvalue weighted by molar-refractivity contribution is -0.137. The number of piperidine rings is 1. The first kappa shape index (κ1) is 16.0. The molecule has 0 amide bonds. The Morgan fingerprint density at radius 1 is 1.38 bits per heavy atom. The number of likely N-dealkylation sites (tertiary alicyclic amines) is 1. The van der Waals surface area contributed by atoms with Crippen LogP contribution in [0, 0.1) is 0 Å². The fourth-order valence-corrected chi connectivity index (χ4v) is 3.10. The predicted octanol–water partition coefficient (Wildman–Crippen LogP) is 2.45. The molecule has 1 aromatic carbocycles. The predicted molar refractivity (Wildman–Crippen MR) is 84.2 cm³/mol. The maximum Gasteiger partial charge on any atom is 0.304 e. The molecule has 1 aliphatic heterocycles. The van der Waals surface area contributed by atoms with Crippen LogP contribution < -0.4 is 0 Å². The van der Waals surface area contributed by atoms with Crippen LogP contribution in [-0.4, -0.2) is 53.1 Å². The van der Waals surface area contributed by atoms with Gasteiger partial charge in [-0.1, -0.05) is 37.3 Å². The third-order valence-electron chi connectivity index (χ3n) is 4.27. The van der Waals surface area contributed by atoms with Gasteiger partial charge in [-0.15, -0.1) is 0 Å². The number of carbonyl (C=O) groups is 1. The Morgan fingerprint density at radius 2 is 2.14 bits per heavy atom. The van der Waals surface area contributed by atoms with E-state index in [1.807, 2.05) is 6.07 Å². The SMILES string of the molecule is CCN(Cc1ccccc1)C1CCCN(CCC(=O)O)C1. The highest BCUT2D eigenvalue weighted by atomic mass is 16.4. The Hall–Kier alpha value is -1.39. The fourth-order valence-electron chi connectivity index (χ4n) is 3.10. The maximum atomic E-state index is 10.7. The van der Waals surface area contributed by atoms with Crippen molar-refractivity contribution in [2.75, 3.05) is 26.2 Å². The highest BCUT2D eigenvalue weighted by Crippen LogP contribution is 2.18. The van der Waals surface area contributed by atoms with Crippen molar-refractivity contribution < 1.29 is 9.90 Å². The molecule has 116 valence electrons. The zero-order valence-corrected chi connectivity index (χ0v) is 12.9. The van der Waals surface area contributed by atoms with Gasteiger partial charge in [0, 0.05) is 25.7 Å². The van der Waals surface area contributed by atoms with Crippen molar-refractivity contribution in [1.29, 1.82) is 0 Å². The van der Waals surface area contributed by atoms with E-state index >= 15 is 0 Å². The summed E-state index contributed by atoms with van der Waals surface area (Å²) >= 11 is 0. The second kappa shape index (κ2) is 8.15. The van der Waals surface area contributed by atoms with Gasteiger partial charge < -0.3 is 10.0 Å². The number of carboxylic acids is 1. The maximum absolute atomic E-state index is 10.7. The number of aliphatic carboxylic acids is 1. The largest absolute Gasteiger partial charge is 0.481 e. The molecule has 0 aromatic heterocycles. The van der Waals surface area contributed by atoms with Gasteiger partial charge in [0.2, 0.25) is 0 Å². The number of nitrogens with zero attached hydrogens (tertiary/aromatic N) is 2. The van der Waals surface area contributed by atoms with Crippen molar-refractivity contribution in [3.05, 3.63) is 35.9 Å². The van der Waals surface area contributed by atoms with Crippen molar-refractivity contribution >= 4 is 5.97 Å². The molecule has 0 bridgehead atoms. The van der Waals surface area contributed by atoms with Gasteiger partial charge in [-0.25, -0.2) is 0 Å². The number of likely N-dealkylation sites (N-methyl/N-ethyl adjacent to an activating group) is 1. The minimum absolute atomic E-state index is 0.248. The number of hydrogen-bond acceptors (Lipinski definition) is 3. The lowest BCUT2D eigenvalue weighted by Gasteiger charge is -2.39. The van der Waals surface area contributed by atoms with E-state index < -0.39 is 5.97 Å². The molecule has 1 heterocycles. The van der Waals surface area contributed by atoms with Gasteiger partial charge in [0.05, 0.1) is 6.42 Å². The average molecular weight is 290 g/mol. The third-order valence-corrected chi connectivity index (χ3v) is 4.27. The van der Waals surface area contributed by atoms with Gasteiger partial charge in [0.25, 0.3) is 0 Å². The van der Waals surface area contributed by atoms with Gasteiger partial charge in [-0.05, 0) is 31.5 Å². The number of rotatable bonds is 7. The van der Waals surface area contributed by atoms with E-state index in [0.717, 1.165) is 32.6 Å². The molecule has 21 heavy (non-hydrogen) atoms. The van der Waals surface area contributed by atoms with Crippen molar-refractivity contribution in [2.24, 2.45) is 0 Å². The fraction of sp³-hybridized carbons (Fsp3) is 0.588. The van der Waals surface area contributed by atoms with Crippen LogP contribution in [0.5, 0.6) is 0 Å². The highest BCUT2D eigenvalue weighted by Gasteiger charge is 2.24. The minimum atomic E-state index is -0.700. The third kappa shape index (κ3) is 5.14. The van der Waals surface area contributed by atoms with E-state index in [4.69, 9.17) is 5.11 Å². The van der Waals surface area contributed by atoms with Crippen LogP contribution >= 0.6 is 0 Å². The molecule has 1 aliphatic rings. The summed E-state index contributed by atoms with van der Waals surface area (Å²) in [5.74, 6) is -0.700. The number of benzene rings is 1. The summed E-state index contributed by atoms with van der Waals surface area (Å²) in [7, 11) is 0. The first-order valence-corrected chi connectivity index (χ1v) is 7.91. The molecule has 0 aliphatic carbocycles. The number of hydrogen-bond donors (Lipinski definition) is 1. The van der Waals surface area contributed by atoms with E-state index in [1.165, 1.54) is 12.0 Å². The molecular formula is C17H26N2O2. The van der Waals surface area contributed by atoms with Crippen molar-refractivity contribution in [3.8, 4) is 0 Å². The van der Waals surface area contributed by atoms with Crippen molar-refractivity contribution in [3.63, 3.8) is 0 Å². The molecule has 0 radical (unpaired) electrons. The van der Waals surface area contributed by atoms with Gasteiger partial charge in [0.15, 0.2) is 0 Å². The highest BCUT2D eigenvalue weighted by molar-refractivity contribution is 5.66. The Bertz CT molecular complexity index is 436. The topological polar surface area (TPSA) is 43.8 Å². The number of carboxylic acid groups (broad SMARTS) is 1.